The van der Waals surface area contributed by atoms with E-state index in [1.165, 1.54) is 42.7 Å². The molecule has 4 aromatic rings. The number of halogens is 2. The van der Waals surface area contributed by atoms with Crippen LogP contribution in [0.4, 0.5) is 20.2 Å². The Labute approximate surface area is 222 Å². The van der Waals surface area contributed by atoms with E-state index in [9.17, 15) is 18.4 Å². The number of ether oxygens (including phenoxy) is 1. The second-order valence-electron chi connectivity index (χ2n) is 9.34. The normalized spacial score (nSPS) is 14.3. The summed E-state index contributed by atoms with van der Waals surface area (Å²) in [6.45, 7) is 2.44. The topological polar surface area (TPSA) is 127 Å². The maximum atomic E-state index is 14.9. The van der Waals surface area contributed by atoms with Crippen LogP contribution in [-0.4, -0.2) is 50.4 Å². The predicted molar refractivity (Wildman–Crippen MR) is 140 cm³/mol. The minimum Gasteiger partial charge on any atom is -0.434 e. The number of nitrogens with two attached hydrogens (primary N) is 1. The second kappa shape index (κ2) is 11.5. The molecule has 0 spiro atoms. The number of aromatic nitrogens is 3. The first-order valence-corrected chi connectivity index (χ1v) is 12.5. The molecule has 2 amide bonds. The summed E-state index contributed by atoms with van der Waals surface area (Å²) >= 11 is 0. The van der Waals surface area contributed by atoms with Gasteiger partial charge in [0.2, 0.25) is 17.7 Å². The van der Waals surface area contributed by atoms with Crippen molar-refractivity contribution in [3.8, 4) is 11.6 Å². The zero-order chi connectivity index (χ0) is 27.4. The van der Waals surface area contributed by atoms with Crippen molar-refractivity contribution in [2.75, 3.05) is 23.7 Å². The van der Waals surface area contributed by atoms with Gasteiger partial charge in [-0.2, -0.15) is 10.1 Å². The van der Waals surface area contributed by atoms with E-state index < -0.39 is 29.9 Å². The quantitative estimate of drug-likeness (QED) is 0.294. The average Bonchev–Trinajstić information content (AvgIpc) is 3.32. The number of carbonyl (C=O) groups is 2. The van der Waals surface area contributed by atoms with Crippen LogP contribution >= 0.6 is 0 Å². The summed E-state index contributed by atoms with van der Waals surface area (Å²) in [5.74, 6) is -2.29. The summed E-state index contributed by atoms with van der Waals surface area (Å²) in [5.41, 5.74) is 8.11. The first kappa shape index (κ1) is 26.2. The number of amides is 2. The number of hydrogen-bond donors (Lipinski definition) is 3. The number of fused-ring (bicyclic) bond motifs is 1. The van der Waals surface area contributed by atoms with Gasteiger partial charge in [0, 0.05) is 36.2 Å². The minimum atomic E-state index is -0.724. The maximum Gasteiger partial charge on any atom is 0.247 e. The first-order valence-electron chi connectivity index (χ1n) is 12.5. The molecule has 0 unspecified atom stereocenters. The van der Waals surface area contributed by atoms with E-state index >= 15 is 0 Å². The molecule has 5 rings (SSSR count). The van der Waals surface area contributed by atoms with Gasteiger partial charge in [-0.05, 0) is 74.0 Å². The van der Waals surface area contributed by atoms with E-state index in [-0.39, 0.29) is 23.4 Å². The number of rotatable bonds is 8. The van der Waals surface area contributed by atoms with Crippen molar-refractivity contribution in [2.24, 2.45) is 5.73 Å². The molecule has 0 radical (unpaired) electrons. The summed E-state index contributed by atoms with van der Waals surface area (Å²) in [5, 5.41) is 9.21. The lowest BCUT2D eigenvalue weighted by Gasteiger charge is -2.29. The molecule has 0 bridgehead atoms. The summed E-state index contributed by atoms with van der Waals surface area (Å²) < 4.78 is 35.4. The van der Waals surface area contributed by atoms with Crippen LogP contribution in [0.5, 0.6) is 11.6 Å². The summed E-state index contributed by atoms with van der Waals surface area (Å²) in [6.07, 6.45) is 4.49. The summed E-state index contributed by atoms with van der Waals surface area (Å²) in [6, 6.07) is 11.2. The van der Waals surface area contributed by atoms with Crippen molar-refractivity contribution in [1.29, 1.82) is 0 Å². The fraction of sp³-hybridized carbons (Fsp3) is 0.259. The number of anilines is 2. The summed E-state index contributed by atoms with van der Waals surface area (Å²) in [4.78, 5) is 30.9. The van der Waals surface area contributed by atoms with Gasteiger partial charge < -0.3 is 21.1 Å². The number of benzene rings is 2. The van der Waals surface area contributed by atoms with Gasteiger partial charge in [0.25, 0.3) is 0 Å². The maximum absolute atomic E-state index is 14.9. The van der Waals surface area contributed by atoms with Crippen LogP contribution in [0.1, 0.15) is 24.8 Å². The highest BCUT2D eigenvalue weighted by Gasteiger charge is 2.20. The number of carbonyl (C=O) groups excluding carboxylic acids is 2. The molecular weight excluding hydrogens is 508 g/mol. The van der Waals surface area contributed by atoms with Crippen LogP contribution in [0, 0.1) is 11.6 Å². The van der Waals surface area contributed by atoms with Crippen molar-refractivity contribution in [1.82, 2.24) is 19.5 Å². The molecular formula is C27H27F2N7O3. The molecule has 10 nitrogen and oxygen atoms in total. The number of piperidine rings is 1. The van der Waals surface area contributed by atoms with Crippen molar-refractivity contribution >= 4 is 28.7 Å². The van der Waals surface area contributed by atoms with Gasteiger partial charge in [-0.15, -0.1) is 0 Å². The third-order valence-electron chi connectivity index (χ3n) is 6.40. The Morgan fingerprint density at radius 1 is 1.00 bits per heavy atom. The van der Waals surface area contributed by atoms with Crippen LogP contribution in [0.2, 0.25) is 0 Å². The lowest BCUT2D eigenvalue weighted by Crippen LogP contribution is -2.39. The molecule has 1 aliphatic rings. The molecule has 2 aromatic carbocycles. The van der Waals surface area contributed by atoms with Crippen LogP contribution in [0.15, 0.2) is 61.1 Å². The van der Waals surface area contributed by atoms with Gasteiger partial charge in [0.05, 0.1) is 0 Å². The molecule has 39 heavy (non-hydrogen) atoms. The lowest BCUT2D eigenvalue weighted by molar-refractivity contribution is -0.123. The van der Waals surface area contributed by atoms with E-state index in [1.807, 2.05) is 6.07 Å². The van der Waals surface area contributed by atoms with Crippen molar-refractivity contribution in [2.45, 2.75) is 31.8 Å². The van der Waals surface area contributed by atoms with Crippen LogP contribution in [-0.2, 0) is 16.1 Å². The molecule has 4 N–H and O–H groups in total. The monoisotopic (exact) mass is 535 g/mol. The van der Waals surface area contributed by atoms with Crippen molar-refractivity contribution in [3.63, 3.8) is 0 Å². The fourth-order valence-electron chi connectivity index (χ4n) is 4.40. The average molecular weight is 536 g/mol. The molecule has 1 saturated heterocycles. The highest BCUT2D eigenvalue weighted by molar-refractivity contribution is 6.08. The van der Waals surface area contributed by atoms with Gasteiger partial charge in [-0.25, -0.2) is 13.3 Å². The zero-order valence-electron chi connectivity index (χ0n) is 20.9. The van der Waals surface area contributed by atoms with Crippen molar-refractivity contribution in [3.05, 3.63) is 78.3 Å². The van der Waals surface area contributed by atoms with Gasteiger partial charge in [0.15, 0.2) is 11.6 Å². The van der Waals surface area contributed by atoms with Crippen LogP contribution < -0.4 is 21.1 Å². The van der Waals surface area contributed by atoms with E-state index in [2.05, 4.69) is 25.6 Å². The molecule has 0 atom stereocenters. The number of nitrogens with one attached hydrogen (secondary N) is 2. The second-order valence-corrected chi connectivity index (χ2v) is 9.34. The molecule has 1 aliphatic heterocycles. The highest BCUT2D eigenvalue weighted by atomic mass is 19.1. The van der Waals surface area contributed by atoms with E-state index in [1.54, 1.807) is 10.7 Å². The van der Waals surface area contributed by atoms with E-state index in [0.29, 0.717) is 17.7 Å². The fourth-order valence-corrected chi connectivity index (χ4v) is 4.40. The third-order valence-corrected chi connectivity index (χ3v) is 6.40. The first-order chi connectivity index (χ1) is 18.8. The largest absolute Gasteiger partial charge is 0.434 e. The smallest absolute Gasteiger partial charge is 0.247 e. The third kappa shape index (κ3) is 6.54. The molecule has 0 aliphatic carbocycles. The molecule has 0 saturated carbocycles. The molecule has 2 aromatic heterocycles. The summed E-state index contributed by atoms with van der Waals surface area (Å²) in [7, 11) is 0. The van der Waals surface area contributed by atoms with Gasteiger partial charge in [-0.3, -0.25) is 14.5 Å². The Hall–Kier alpha value is -4.42. The minimum absolute atomic E-state index is 0.0845. The molecule has 1 fully saturated rings. The Balaban J connectivity index is 1.23. The van der Waals surface area contributed by atoms with Gasteiger partial charge in [0.1, 0.15) is 24.1 Å². The Kier molecular flexibility index (Phi) is 7.75. The molecule has 3 heterocycles. The van der Waals surface area contributed by atoms with Gasteiger partial charge >= 0.3 is 0 Å². The standard InChI is InChI=1S/C27H27F2N7O3/c28-18-1-3-20(4-2-18)33-24(37)14-25(38)34-21-5-6-23(22(29)13-21)39-27-26-17(7-12-36(26)32-16-31-27)15-35-10-8-19(30)9-11-35/h1-7,12-13,16,19H,8-11,14-15,30H2,(H,33,37)(H,34,38). The molecule has 12 heteroatoms. The highest BCUT2D eigenvalue weighted by Crippen LogP contribution is 2.30. The Morgan fingerprint density at radius 3 is 2.41 bits per heavy atom. The SMILES string of the molecule is NC1CCN(Cc2ccn3ncnc(Oc4ccc(NC(=O)CC(=O)Nc5ccc(F)cc5)cc4F)c23)CC1. The van der Waals surface area contributed by atoms with Gasteiger partial charge in [-0.1, -0.05) is 0 Å². The lowest BCUT2D eigenvalue weighted by atomic mass is 10.1. The zero-order valence-corrected chi connectivity index (χ0v) is 20.9. The van der Waals surface area contributed by atoms with Crippen LogP contribution in [0.25, 0.3) is 5.52 Å². The number of hydrogen-bond acceptors (Lipinski definition) is 7. The van der Waals surface area contributed by atoms with Crippen LogP contribution in [0.3, 0.4) is 0 Å². The van der Waals surface area contributed by atoms with Crippen molar-refractivity contribution < 1.29 is 23.1 Å². The van der Waals surface area contributed by atoms with E-state index in [4.69, 9.17) is 10.5 Å². The van der Waals surface area contributed by atoms with E-state index in [0.717, 1.165) is 37.6 Å². The number of likely N-dealkylation sites (tertiary alicyclic amines) is 1. The number of nitrogens with zero attached hydrogens (tertiary/aromatic N) is 4. The Bertz CT molecular complexity index is 1480. The molecule has 202 valence electrons. The Morgan fingerprint density at radius 2 is 1.69 bits per heavy atom. The predicted octanol–water partition coefficient (Wildman–Crippen LogP) is 3.69.